The van der Waals surface area contributed by atoms with Crippen LogP contribution in [0.25, 0.3) is 0 Å². The van der Waals surface area contributed by atoms with Gasteiger partial charge in [0, 0.05) is 51.6 Å². The number of hydrogen-bond acceptors (Lipinski definition) is 7. The Labute approximate surface area is 201 Å². The number of pyridine rings is 1. The summed E-state index contributed by atoms with van der Waals surface area (Å²) in [6.07, 6.45) is -6.55. The molecule has 3 heterocycles. The molecule has 0 aromatic carbocycles. The van der Waals surface area contributed by atoms with Crippen molar-refractivity contribution in [2.75, 3.05) is 46.6 Å². The number of nitrogens with one attached hydrogen (secondary N) is 1. The number of nitrogens with zero attached hydrogens (tertiary/aromatic N) is 2. The van der Waals surface area contributed by atoms with Crippen LogP contribution in [0.5, 0.6) is 0 Å². The van der Waals surface area contributed by atoms with E-state index in [1.165, 1.54) is 5.56 Å². The summed E-state index contributed by atoms with van der Waals surface area (Å²) >= 11 is 0. The number of likely N-dealkylation sites (tertiary alicyclic amines) is 1. The van der Waals surface area contributed by atoms with Gasteiger partial charge >= 0.3 is 24.3 Å². The maximum Gasteiger partial charge on any atom is 0.490 e. The number of ether oxygens (including phenoxy) is 2. The molecular formula is C20H25F6N3O7. The van der Waals surface area contributed by atoms with E-state index in [4.69, 9.17) is 29.3 Å². The first-order chi connectivity index (χ1) is 16.6. The van der Waals surface area contributed by atoms with Crippen LogP contribution in [-0.2, 0) is 30.4 Å². The molecule has 3 rings (SSSR count). The lowest BCUT2D eigenvalue weighted by molar-refractivity contribution is -0.193. The molecule has 2 atom stereocenters. The molecule has 2 aliphatic rings. The second kappa shape index (κ2) is 13.4. The molecule has 0 unspecified atom stereocenters. The van der Waals surface area contributed by atoms with Gasteiger partial charge in [0.1, 0.15) is 0 Å². The van der Waals surface area contributed by atoms with Crippen molar-refractivity contribution in [3.05, 3.63) is 30.1 Å². The van der Waals surface area contributed by atoms with Gasteiger partial charge < -0.3 is 25.0 Å². The normalized spacial score (nSPS) is 21.4. The third-order valence-electron chi connectivity index (χ3n) is 5.13. The molecule has 1 aromatic heterocycles. The number of carbonyl (C=O) groups excluding carboxylic acids is 1. The largest absolute Gasteiger partial charge is 0.490 e. The molecule has 0 bridgehead atoms. The number of carboxylic acids is 2. The number of rotatable bonds is 6. The molecule has 0 spiro atoms. The molecule has 2 aliphatic heterocycles. The number of carboxylic acid groups (broad SMARTS) is 2. The first kappa shape index (κ1) is 31.1. The molecule has 36 heavy (non-hydrogen) atoms. The van der Waals surface area contributed by atoms with Gasteiger partial charge in [0.2, 0.25) is 5.91 Å². The number of carbonyl (C=O) groups is 3. The van der Waals surface area contributed by atoms with E-state index in [9.17, 15) is 31.1 Å². The van der Waals surface area contributed by atoms with Crippen LogP contribution in [0, 0.1) is 11.3 Å². The monoisotopic (exact) mass is 533 g/mol. The van der Waals surface area contributed by atoms with Crippen LogP contribution in [0.1, 0.15) is 5.56 Å². The van der Waals surface area contributed by atoms with Crippen molar-refractivity contribution in [3.8, 4) is 0 Å². The van der Waals surface area contributed by atoms with Crippen molar-refractivity contribution in [2.24, 2.45) is 11.3 Å². The van der Waals surface area contributed by atoms with Crippen molar-refractivity contribution in [2.45, 2.75) is 18.9 Å². The van der Waals surface area contributed by atoms with E-state index < -0.39 is 29.7 Å². The molecule has 10 nitrogen and oxygen atoms in total. The van der Waals surface area contributed by atoms with Crippen LogP contribution in [0.15, 0.2) is 24.5 Å². The Morgan fingerprint density at radius 3 is 2.14 bits per heavy atom. The number of aliphatic carboxylic acids is 2. The Hall–Kier alpha value is -2.98. The number of alkyl halides is 6. The van der Waals surface area contributed by atoms with Crippen molar-refractivity contribution in [3.63, 3.8) is 0 Å². The van der Waals surface area contributed by atoms with Gasteiger partial charge in [-0.2, -0.15) is 26.3 Å². The van der Waals surface area contributed by atoms with E-state index >= 15 is 0 Å². The minimum atomic E-state index is -5.08. The molecular weight excluding hydrogens is 508 g/mol. The smallest absolute Gasteiger partial charge is 0.475 e. The maximum absolute atomic E-state index is 12.6. The molecule has 2 saturated heterocycles. The van der Waals surface area contributed by atoms with Crippen molar-refractivity contribution in [1.29, 1.82) is 0 Å². The van der Waals surface area contributed by atoms with Gasteiger partial charge in [0.05, 0.1) is 25.2 Å². The Bertz CT molecular complexity index is 846. The standard InChI is InChI=1S/C16H23N3O3.2C2HF3O2/c1-21-7-6-18-15(20)16-11-19(9-14(16)10-22-12-16)8-13-2-4-17-5-3-13;2*3-2(4,5)1(6)7/h2-5,14H,6-12H2,1H3,(H,18,20);2*(H,6,7)/t14-,16-;;/m1../s1. The van der Waals surface area contributed by atoms with Gasteiger partial charge in [-0.15, -0.1) is 0 Å². The third kappa shape index (κ3) is 9.58. The third-order valence-corrected chi connectivity index (χ3v) is 5.13. The first-order valence-electron chi connectivity index (χ1n) is 10.2. The van der Waals surface area contributed by atoms with Crippen LogP contribution in [0.3, 0.4) is 0 Å². The lowest BCUT2D eigenvalue weighted by Gasteiger charge is -2.26. The lowest BCUT2D eigenvalue weighted by atomic mass is 9.80. The van der Waals surface area contributed by atoms with Crippen LogP contribution in [-0.4, -0.2) is 96.9 Å². The summed E-state index contributed by atoms with van der Waals surface area (Å²) in [5.74, 6) is -5.14. The minimum absolute atomic E-state index is 0.101. The zero-order valence-electron chi connectivity index (χ0n) is 18.9. The molecule has 16 heteroatoms. The first-order valence-corrected chi connectivity index (χ1v) is 10.2. The summed E-state index contributed by atoms with van der Waals surface area (Å²) in [6.45, 7) is 4.78. The van der Waals surface area contributed by atoms with Crippen LogP contribution >= 0.6 is 0 Å². The van der Waals surface area contributed by atoms with E-state index in [0.717, 1.165) is 19.6 Å². The fraction of sp³-hybridized carbons (Fsp3) is 0.600. The van der Waals surface area contributed by atoms with Crippen molar-refractivity contribution in [1.82, 2.24) is 15.2 Å². The fourth-order valence-corrected chi connectivity index (χ4v) is 3.47. The number of amides is 1. The second-order valence-electron chi connectivity index (χ2n) is 7.75. The lowest BCUT2D eigenvalue weighted by Crippen LogP contribution is -2.47. The SMILES string of the molecule is COCCNC(=O)[C@]12COC[C@H]1CN(Cc1ccncc1)C2.O=C(O)C(F)(F)F.O=C(O)C(F)(F)F. The molecule has 3 N–H and O–H groups in total. The Morgan fingerprint density at radius 2 is 1.67 bits per heavy atom. The summed E-state index contributed by atoms with van der Waals surface area (Å²) < 4.78 is 74.1. The molecule has 0 saturated carbocycles. The highest BCUT2D eigenvalue weighted by atomic mass is 19.4. The average molecular weight is 533 g/mol. The minimum Gasteiger partial charge on any atom is -0.475 e. The van der Waals surface area contributed by atoms with E-state index in [1.54, 1.807) is 7.11 Å². The highest BCUT2D eigenvalue weighted by Gasteiger charge is 2.55. The Balaban J connectivity index is 0.000000383. The fourth-order valence-electron chi connectivity index (χ4n) is 3.47. The van der Waals surface area contributed by atoms with E-state index in [-0.39, 0.29) is 11.8 Å². The van der Waals surface area contributed by atoms with Crippen LogP contribution in [0.4, 0.5) is 26.3 Å². The molecule has 0 radical (unpaired) electrons. The molecule has 1 aromatic rings. The van der Waals surface area contributed by atoms with E-state index in [2.05, 4.69) is 15.2 Å². The Kier molecular flexibility index (Phi) is 11.5. The maximum atomic E-state index is 12.6. The average Bonchev–Trinajstić information content (AvgIpc) is 3.32. The number of halogens is 6. The zero-order valence-corrected chi connectivity index (χ0v) is 18.9. The molecule has 0 aliphatic carbocycles. The predicted molar refractivity (Wildman–Crippen MR) is 109 cm³/mol. The number of hydrogen-bond donors (Lipinski definition) is 3. The van der Waals surface area contributed by atoms with Crippen LogP contribution < -0.4 is 5.32 Å². The molecule has 1 amide bonds. The number of methoxy groups -OCH3 is 1. The number of fused-ring (bicyclic) bond motifs is 1. The highest BCUT2D eigenvalue weighted by Crippen LogP contribution is 2.42. The van der Waals surface area contributed by atoms with Gasteiger partial charge in [-0.1, -0.05) is 0 Å². The summed E-state index contributed by atoms with van der Waals surface area (Å²) in [5, 5.41) is 17.2. The quantitative estimate of drug-likeness (QED) is 0.367. The molecule has 2 fully saturated rings. The summed E-state index contributed by atoms with van der Waals surface area (Å²) in [5.41, 5.74) is 0.826. The second-order valence-corrected chi connectivity index (χ2v) is 7.75. The van der Waals surface area contributed by atoms with Gasteiger partial charge in [0.15, 0.2) is 0 Å². The van der Waals surface area contributed by atoms with Gasteiger partial charge in [-0.3, -0.25) is 14.7 Å². The topological polar surface area (TPSA) is 138 Å². The van der Waals surface area contributed by atoms with Crippen LogP contribution in [0.2, 0.25) is 0 Å². The summed E-state index contributed by atoms with van der Waals surface area (Å²) in [4.78, 5) is 36.8. The Morgan fingerprint density at radius 1 is 1.14 bits per heavy atom. The van der Waals surface area contributed by atoms with E-state index in [0.29, 0.717) is 26.4 Å². The number of aromatic nitrogens is 1. The highest BCUT2D eigenvalue weighted by molar-refractivity contribution is 5.84. The van der Waals surface area contributed by atoms with Crippen molar-refractivity contribution >= 4 is 17.8 Å². The molecule has 204 valence electrons. The van der Waals surface area contributed by atoms with Gasteiger partial charge in [0.25, 0.3) is 0 Å². The van der Waals surface area contributed by atoms with E-state index in [1.807, 2.05) is 24.5 Å². The predicted octanol–water partition coefficient (Wildman–Crippen LogP) is 1.56. The van der Waals surface area contributed by atoms with Gasteiger partial charge in [-0.25, -0.2) is 9.59 Å². The summed E-state index contributed by atoms with van der Waals surface area (Å²) in [7, 11) is 1.64. The van der Waals surface area contributed by atoms with Crippen molar-refractivity contribution < 1.29 is 60.4 Å². The zero-order chi connectivity index (χ0) is 27.6. The van der Waals surface area contributed by atoms with Gasteiger partial charge in [-0.05, 0) is 17.7 Å². The summed E-state index contributed by atoms with van der Waals surface area (Å²) in [6, 6.07) is 4.05.